The van der Waals surface area contributed by atoms with Gasteiger partial charge in [-0.3, -0.25) is 4.79 Å². The highest BCUT2D eigenvalue weighted by Crippen LogP contribution is 2.14. The number of aryl methyl sites for hydroxylation is 1. The molecule has 0 radical (unpaired) electrons. The largest absolute Gasteiger partial charge is 0.386 e. The number of aromatic nitrogens is 1. The van der Waals surface area contributed by atoms with Gasteiger partial charge in [0.1, 0.15) is 6.61 Å². The van der Waals surface area contributed by atoms with Crippen LogP contribution in [0.1, 0.15) is 0 Å². The van der Waals surface area contributed by atoms with Crippen LogP contribution in [0.2, 0.25) is 0 Å². The third-order valence-electron chi connectivity index (χ3n) is 2.13. The van der Waals surface area contributed by atoms with Crippen molar-refractivity contribution in [3.8, 4) is 0 Å². The number of nitrogens with zero attached hydrogens (tertiary/aromatic N) is 2. The summed E-state index contributed by atoms with van der Waals surface area (Å²) in [6.45, 7) is -0.557. The minimum atomic E-state index is -0.557. The third-order valence-corrected chi connectivity index (χ3v) is 3.25. The van der Waals surface area contributed by atoms with Crippen LogP contribution >= 0.6 is 11.3 Å². The highest BCUT2D eigenvalue weighted by Gasteiger charge is 2.01. The number of aliphatic hydroxyl groups excluding tert-OH is 1. The maximum atomic E-state index is 10.9. The van der Waals surface area contributed by atoms with Crippen LogP contribution in [0.5, 0.6) is 0 Å². The van der Waals surface area contributed by atoms with Gasteiger partial charge in [-0.2, -0.15) is 0 Å². The van der Waals surface area contributed by atoms with E-state index in [1.807, 2.05) is 35.9 Å². The van der Waals surface area contributed by atoms with Crippen molar-refractivity contribution >= 4 is 27.5 Å². The van der Waals surface area contributed by atoms with Crippen molar-refractivity contribution in [1.29, 1.82) is 0 Å². The summed E-state index contributed by atoms with van der Waals surface area (Å²) in [6.07, 6.45) is 0. The third kappa shape index (κ3) is 1.98. The van der Waals surface area contributed by atoms with Crippen molar-refractivity contribution < 1.29 is 9.90 Å². The smallest absolute Gasteiger partial charge is 0.265 e. The fraction of sp³-hybridized carbons (Fsp3) is 0.200. The van der Waals surface area contributed by atoms with Gasteiger partial charge in [-0.05, 0) is 12.1 Å². The number of fused-ring (bicyclic) bond motifs is 1. The van der Waals surface area contributed by atoms with Crippen molar-refractivity contribution in [2.75, 3.05) is 6.61 Å². The number of aliphatic hydroxyl groups is 1. The van der Waals surface area contributed by atoms with Crippen molar-refractivity contribution in [3.63, 3.8) is 0 Å². The maximum absolute atomic E-state index is 10.9. The van der Waals surface area contributed by atoms with Crippen molar-refractivity contribution in [2.45, 2.75) is 0 Å². The molecule has 0 aliphatic carbocycles. The zero-order valence-corrected chi connectivity index (χ0v) is 9.49. The molecular weight excluding hydrogens is 226 g/mol. The van der Waals surface area contributed by atoms with E-state index in [2.05, 4.69) is 10.5 Å². The van der Waals surface area contributed by atoms with Gasteiger partial charge < -0.3 is 9.67 Å². The molecule has 6 heteroatoms. The lowest BCUT2D eigenvalue weighted by Gasteiger charge is -1.95. The van der Waals surface area contributed by atoms with Gasteiger partial charge in [0, 0.05) is 7.05 Å². The SMILES string of the molecule is Cn1/c(=N/NC(=O)CO)sc2ccccc21. The van der Waals surface area contributed by atoms with Gasteiger partial charge in [0.25, 0.3) is 5.91 Å². The van der Waals surface area contributed by atoms with Gasteiger partial charge in [0.05, 0.1) is 10.2 Å². The van der Waals surface area contributed by atoms with Gasteiger partial charge in [-0.1, -0.05) is 23.5 Å². The molecule has 0 saturated carbocycles. The van der Waals surface area contributed by atoms with Gasteiger partial charge >= 0.3 is 0 Å². The summed E-state index contributed by atoms with van der Waals surface area (Å²) >= 11 is 1.48. The minimum Gasteiger partial charge on any atom is -0.386 e. The summed E-state index contributed by atoms with van der Waals surface area (Å²) in [5.74, 6) is -0.516. The normalized spacial score (nSPS) is 12.0. The fourth-order valence-corrected chi connectivity index (χ4v) is 2.31. The molecule has 0 saturated heterocycles. The Morgan fingerprint density at radius 2 is 2.31 bits per heavy atom. The lowest BCUT2D eigenvalue weighted by Crippen LogP contribution is -2.25. The van der Waals surface area contributed by atoms with Crippen LogP contribution in [0.15, 0.2) is 29.4 Å². The number of carbonyl (C=O) groups is 1. The highest BCUT2D eigenvalue weighted by atomic mass is 32.1. The van der Waals surface area contributed by atoms with E-state index in [-0.39, 0.29) is 0 Å². The number of hydrogen-bond acceptors (Lipinski definition) is 4. The zero-order chi connectivity index (χ0) is 11.5. The Morgan fingerprint density at radius 3 is 3.00 bits per heavy atom. The molecule has 0 bridgehead atoms. The zero-order valence-electron chi connectivity index (χ0n) is 8.67. The lowest BCUT2D eigenvalue weighted by molar-refractivity contribution is -0.123. The molecule has 1 aromatic carbocycles. The van der Waals surface area contributed by atoms with E-state index < -0.39 is 12.5 Å². The monoisotopic (exact) mass is 237 g/mol. The quantitative estimate of drug-likeness (QED) is 0.731. The van der Waals surface area contributed by atoms with Crippen LogP contribution in [0.25, 0.3) is 10.2 Å². The van der Waals surface area contributed by atoms with Crippen LogP contribution in [-0.4, -0.2) is 22.2 Å². The number of nitrogens with one attached hydrogen (secondary N) is 1. The van der Waals surface area contributed by atoms with Crippen LogP contribution in [0, 0.1) is 0 Å². The van der Waals surface area contributed by atoms with Gasteiger partial charge in [-0.15, -0.1) is 5.10 Å². The van der Waals surface area contributed by atoms with E-state index in [0.29, 0.717) is 4.80 Å². The highest BCUT2D eigenvalue weighted by molar-refractivity contribution is 7.16. The second kappa shape index (κ2) is 4.46. The molecule has 0 unspecified atom stereocenters. The molecule has 2 aromatic rings. The van der Waals surface area contributed by atoms with Crippen LogP contribution < -0.4 is 10.2 Å². The van der Waals surface area contributed by atoms with Gasteiger partial charge in [0.15, 0.2) is 0 Å². The van der Waals surface area contributed by atoms with E-state index >= 15 is 0 Å². The summed E-state index contributed by atoms with van der Waals surface area (Å²) in [5.41, 5.74) is 3.34. The molecule has 1 heterocycles. The number of thiazole rings is 1. The number of carbonyl (C=O) groups excluding carboxylic acids is 1. The first-order valence-corrected chi connectivity index (χ1v) is 5.52. The standard InChI is InChI=1S/C10H11N3O2S/c1-13-7-4-2-3-5-8(7)16-10(13)12-11-9(15)6-14/h2-5,14H,6H2,1H3,(H,11,15)/b12-10-. The molecule has 2 rings (SSSR count). The molecule has 16 heavy (non-hydrogen) atoms. The summed E-state index contributed by atoms with van der Waals surface area (Å²) in [6, 6.07) is 7.88. The summed E-state index contributed by atoms with van der Waals surface area (Å²) in [7, 11) is 1.88. The maximum Gasteiger partial charge on any atom is 0.265 e. The average molecular weight is 237 g/mol. The van der Waals surface area contributed by atoms with E-state index in [4.69, 9.17) is 5.11 Å². The second-order valence-corrected chi connectivity index (χ2v) is 4.23. The summed E-state index contributed by atoms with van der Waals surface area (Å²) in [5, 5.41) is 12.5. The minimum absolute atomic E-state index is 0.516. The Labute approximate surface area is 95.6 Å². The molecule has 1 amide bonds. The Morgan fingerprint density at radius 1 is 1.56 bits per heavy atom. The van der Waals surface area contributed by atoms with Gasteiger partial charge in [-0.25, -0.2) is 5.43 Å². The molecule has 84 valence electrons. The Balaban J connectivity index is 2.45. The predicted octanol–water partition coefficient (Wildman–Crippen LogP) is 0.164. The first-order chi connectivity index (χ1) is 7.72. The average Bonchev–Trinajstić information content (AvgIpc) is 2.64. The number of hydrogen-bond donors (Lipinski definition) is 2. The molecule has 1 aromatic heterocycles. The molecule has 5 nitrogen and oxygen atoms in total. The molecule has 0 fully saturated rings. The van der Waals surface area contributed by atoms with E-state index in [0.717, 1.165) is 10.2 Å². The van der Waals surface area contributed by atoms with Crippen LogP contribution in [-0.2, 0) is 11.8 Å². The number of benzene rings is 1. The summed E-state index contributed by atoms with van der Waals surface area (Å²) in [4.78, 5) is 11.5. The molecular formula is C10H11N3O2S. The van der Waals surface area contributed by atoms with Crippen molar-refractivity contribution in [2.24, 2.45) is 12.1 Å². The molecule has 0 aliphatic heterocycles. The van der Waals surface area contributed by atoms with Crippen LogP contribution in [0.3, 0.4) is 0 Å². The van der Waals surface area contributed by atoms with Crippen molar-refractivity contribution in [1.82, 2.24) is 9.99 Å². The van der Waals surface area contributed by atoms with E-state index in [9.17, 15) is 4.79 Å². The molecule has 0 atom stereocenters. The second-order valence-electron chi connectivity index (χ2n) is 3.22. The van der Waals surface area contributed by atoms with E-state index in [1.165, 1.54) is 11.3 Å². The van der Waals surface area contributed by atoms with Crippen LogP contribution in [0.4, 0.5) is 0 Å². The first-order valence-electron chi connectivity index (χ1n) is 4.70. The van der Waals surface area contributed by atoms with E-state index in [1.54, 1.807) is 0 Å². The number of amides is 1. The molecule has 0 aliphatic rings. The Kier molecular flexibility index (Phi) is 3.02. The van der Waals surface area contributed by atoms with Gasteiger partial charge in [0.2, 0.25) is 4.80 Å². The number of rotatable bonds is 2. The predicted molar refractivity (Wildman–Crippen MR) is 61.6 cm³/mol. The first kappa shape index (κ1) is 10.8. The Bertz CT molecular complexity index is 585. The van der Waals surface area contributed by atoms with Crippen molar-refractivity contribution in [3.05, 3.63) is 29.1 Å². The molecule has 2 N–H and O–H groups in total. The summed E-state index contributed by atoms with van der Waals surface area (Å²) < 4.78 is 2.99. The fourth-order valence-electron chi connectivity index (χ4n) is 1.33. The Hall–Kier alpha value is -1.66. The lowest BCUT2D eigenvalue weighted by atomic mass is 10.3. The number of para-hydroxylation sites is 1. The molecule has 0 spiro atoms. The topological polar surface area (TPSA) is 66.6 Å².